The van der Waals surface area contributed by atoms with Crippen molar-refractivity contribution < 1.29 is 4.79 Å². The normalized spacial score (nSPS) is 10.9. The Kier molecular flexibility index (Phi) is 5.34. The molecule has 0 spiro atoms. The number of aromatic amines is 1. The van der Waals surface area contributed by atoms with E-state index in [4.69, 9.17) is 23.2 Å². The molecule has 0 aliphatic rings. The highest BCUT2D eigenvalue weighted by molar-refractivity contribution is 6.35. The fourth-order valence-corrected chi connectivity index (χ4v) is 3.26. The van der Waals surface area contributed by atoms with Crippen LogP contribution in [-0.4, -0.2) is 25.7 Å². The molecule has 0 aliphatic heterocycles. The Morgan fingerprint density at radius 2 is 1.85 bits per heavy atom. The van der Waals surface area contributed by atoms with Gasteiger partial charge in [0.05, 0.1) is 5.69 Å². The van der Waals surface area contributed by atoms with Crippen LogP contribution in [-0.2, 0) is 6.42 Å². The second-order valence-corrected chi connectivity index (χ2v) is 6.87. The first kappa shape index (κ1) is 19.1. The van der Waals surface area contributed by atoms with Crippen LogP contribution in [0.4, 0.5) is 5.82 Å². The van der Waals surface area contributed by atoms with E-state index < -0.39 is 5.91 Å². The number of rotatable bonds is 4. The average molecular weight is 406 g/mol. The number of hydrogen-bond acceptors (Lipinski definition) is 4. The van der Waals surface area contributed by atoms with Crippen molar-refractivity contribution >= 4 is 34.9 Å². The van der Waals surface area contributed by atoms with E-state index in [2.05, 4.69) is 20.4 Å². The SMILES string of the molecule is CCc1c(C)nc(-n2nc(C)cc2NC(=O)c2cc(Cl)cc(Cl)c2)[nH]c1=O. The quantitative estimate of drug-likeness (QED) is 0.691. The van der Waals surface area contributed by atoms with Crippen molar-refractivity contribution in [2.45, 2.75) is 27.2 Å². The van der Waals surface area contributed by atoms with Crippen molar-refractivity contribution in [1.82, 2.24) is 19.7 Å². The molecule has 0 radical (unpaired) electrons. The van der Waals surface area contributed by atoms with E-state index >= 15 is 0 Å². The molecule has 0 unspecified atom stereocenters. The van der Waals surface area contributed by atoms with Crippen LogP contribution in [0.25, 0.3) is 5.95 Å². The van der Waals surface area contributed by atoms with Gasteiger partial charge in [0.25, 0.3) is 11.5 Å². The van der Waals surface area contributed by atoms with E-state index in [9.17, 15) is 9.59 Å². The highest BCUT2D eigenvalue weighted by atomic mass is 35.5. The van der Waals surface area contributed by atoms with Crippen molar-refractivity contribution in [3.8, 4) is 5.95 Å². The Morgan fingerprint density at radius 1 is 1.19 bits per heavy atom. The average Bonchev–Trinajstić information content (AvgIpc) is 2.94. The van der Waals surface area contributed by atoms with E-state index in [-0.39, 0.29) is 11.5 Å². The van der Waals surface area contributed by atoms with E-state index in [0.717, 1.165) is 0 Å². The fourth-order valence-electron chi connectivity index (χ4n) is 2.74. The van der Waals surface area contributed by atoms with Gasteiger partial charge in [-0.15, -0.1) is 0 Å². The van der Waals surface area contributed by atoms with Gasteiger partial charge in [0, 0.05) is 32.9 Å². The Bertz CT molecular complexity index is 1070. The van der Waals surface area contributed by atoms with Crippen LogP contribution < -0.4 is 10.9 Å². The molecule has 1 aromatic carbocycles. The first-order chi connectivity index (χ1) is 12.8. The molecule has 9 heteroatoms. The highest BCUT2D eigenvalue weighted by Gasteiger charge is 2.16. The number of halogens is 2. The minimum absolute atomic E-state index is 0.224. The van der Waals surface area contributed by atoms with Crippen LogP contribution in [0, 0.1) is 13.8 Å². The van der Waals surface area contributed by atoms with Crippen LogP contribution >= 0.6 is 23.2 Å². The molecule has 0 atom stereocenters. The lowest BCUT2D eigenvalue weighted by Crippen LogP contribution is -2.22. The summed E-state index contributed by atoms with van der Waals surface area (Å²) >= 11 is 11.9. The molecule has 0 bridgehead atoms. The third kappa shape index (κ3) is 4.04. The Labute approximate surface area is 165 Å². The van der Waals surface area contributed by atoms with E-state index in [1.54, 1.807) is 26.0 Å². The van der Waals surface area contributed by atoms with Crippen LogP contribution in [0.2, 0.25) is 10.0 Å². The van der Waals surface area contributed by atoms with Gasteiger partial charge in [0.2, 0.25) is 5.95 Å². The Morgan fingerprint density at radius 3 is 2.44 bits per heavy atom. The highest BCUT2D eigenvalue weighted by Crippen LogP contribution is 2.21. The van der Waals surface area contributed by atoms with Crippen molar-refractivity contribution in [3.63, 3.8) is 0 Å². The summed E-state index contributed by atoms with van der Waals surface area (Å²) in [5, 5.41) is 7.78. The van der Waals surface area contributed by atoms with Crippen LogP contribution in [0.1, 0.15) is 34.2 Å². The maximum Gasteiger partial charge on any atom is 0.256 e. The molecule has 3 rings (SSSR count). The molecular formula is C18H17Cl2N5O2. The fraction of sp³-hybridized carbons (Fsp3) is 0.222. The minimum Gasteiger partial charge on any atom is -0.306 e. The molecule has 0 saturated carbocycles. The molecule has 2 heterocycles. The monoisotopic (exact) mass is 405 g/mol. The number of hydrogen-bond donors (Lipinski definition) is 2. The van der Waals surface area contributed by atoms with Crippen molar-refractivity contribution in [3.05, 3.63) is 67.2 Å². The lowest BCUT2D eigenvalue weighted by Gasteiger charge is -2.10. The van der Waals surface area contributed by atoms with Gasteiger partial charge in [0.1, 0.15) is 5.82 Å². The topological polar surface area (TPSA) is 92.7 Å². The standard InChI is InChI=1S/C18H17Cl2N5O2/c1-4-14-10(3)21-18(23-17(14)27)25-15(5-9(2)24-25)22-16(26)11-6-12(19)8-13(20)7-11/h5-8H,4H2,1-3H3,(H,22,26)(H,21,23,27). The van der Waals surface area contributed by atoms with Crippen LogP contribution in [0.3, 0.4) is 0 Å². The van der Waals surface area contributed by atoms with Crippen LogP contribution in [0.15, 0.2) is 29.1 Å². The van der Waals surface area contributed by atoms with Gasteiger partial charge >= 0.3 is 0 Å². The lowest BCUT2D eigenvalue weighted by molar-refractivity contribution is 0.102. The number of aryl methyl sites for hydroxylation is 2. The van der Waals surface area contributed by atoms with Crippen LogP contribution in [0.5, 0.6) is 0 Å². The number of amides is 1. The number of anilines is 1. The molecule has 0 fully saturated rings. The molecule has 0 saturated heterocycles. The number of aromatic nitrogens is 4. The Balaban J connectivity index is 2.00. The van der Waals surface area contributed by atoms with Gasteiger partial charge in [-0.3, -0.25) is 14.6 Å². The van der Waals surface area contributed by atoms with Crippen molar-refractivity contribution in [1.29, 1.82) is 0 Å². The summed E-state index contributed by atoms with van der Waals surface area (Å²) in [5.74, 6) is 0.174. The van der Waals surface area contributed by atoms with Crippen molar-refractivity contribution in [2.24, 2.45) is 0 Å². The largest absolute Gasteiger partial charge is 0.306 e. The third-order valence-corrected chi connectivity index (χ3v) is 4.40. The molecule has 140 valence electrons. The first-order valence-corrected chi connectivity index (χ1v) is 8.98. The van der Waals surface area contributed by atoms with Gasteiger partial charge in [-0.1, -0.05) is 30.1 Å². The predicted octanol–water partition coefficient (Wildman–Crippen LogP) is 3.69. The second-order valence-electron chi connectivity index (χ2n) is 6.00. The molecular weight excluding hydrogens is 389 g/mol. The zero-order valence-electron chi connectivity index (χ0n) is 14.9. The number of nitrogens with zero attached hydrogens (tertiary/aromatic N) is 3. The maximum absolute atomic E-state index is 12.6. The molecule has 7 nitrogen and oxygen atoms in total. The Hall–Kier alpha value is -2.64. The molecule has 3 aromatic rings. The summed E-state index contributed by atoms with van der Waals surface area (Å²) in [5.41, 5.74) is 1.95. The molecule has 1 amide bonds. The summed E-state index contributed by atoms with van der Waals surface area (Å²) in [6.07, 6.45) is 0.575. The number of H-pyrrole nitrogens is 1. The van der Waals surface area contributed by atoms with Gasteiger partial charge in [0.15, 0.2) is 0 Å². The maximum atomic E-state index is 12.6. The first-order valence-electron chi connectivity index (χ1n) is 8.22. The number of nitrogens with one attached hydrogen (secondary N) is 2. The summed E-state index contributed by atoms with van der Waals surface area (Å²) < 4.78 is 1.38. The zero-order valence-corrected chi connectivity index (χ0v) is 16.4. The van der Waals surface area contributed by atoms with E-state index in [1.807, 2.05) is 6.92 Å². The predicted molar refractivity (Wildman–Crippen MR) is 105 cm³/mol. The van der Waals surface area contributed by atoms with Gasteiger partial charge in [-0.2, -0.15) is 9.78 Å². The number of benzene rings is 1. The summed E-state index contributed by atoms with van der Waals surface area (Å²) in [6.45, 7) is 5.42. The number of carbonyl (C=O) groups excluding carboxylic acids is 1. The molecule has 0 aliphatic carbocycles. The second kappa shape index (κ2) is 7.54. The van der Waals surface area contributed by atoms with Gasteiger partial charge in [-0.05, 0) is 38.5 Å². The van der Waals surface area contributed by atoms with Crippen molar-refractivity contribution in [2.75, 3.05) is 5.32 Å². The molecule has 2 aromatic heterocycles. The number of carbonyl (C=O) groups is 1. The van der Waals surface area contributed by atoms with Gasteiger partial charge < -0.3 is 5.32 Å². The molecule has 27 heavy (non-hydrogen) atoms. The summed E-state index contributed by atoms with van der Waals surface area (Å²) in [4.78, 5) is 32.0. The summed E-state index contributed by atoms with van der Waals surface area (Å²) in [7, 11) is 0. The smallest absolute Gasteiger partial charge is 0.256 e. The lowest BCUT2D eigenvalue weighted by atomic mass is 10.2. The minimum atomic E-state index is -0.412. The molecule has 2 N–H and O–H groups in total. The van der Waals surface area contributed by atoms with E-state index in [1.165, 1.54) is 16.8 Å². The summed E-state index contributed by atoms with van der Waals surface area (Å²) in [6, 6.07) is 6.24. The van der Waals surface area contributed by atoms with Gasteiger partial charge in [-0.25, -0.2) is 4.98 Å². The van der Waals surface area contributed by atoms with E-state index in [0.29, 0.717) is 44.8 Å². The third-order valence-electron chi connectivity index (χ3n) is 3.96. The zero-order chi connectivity index (χ0) is 19.7.